The van der Waals surface area contributed by atoms with Crippen molar-refractivity contribution in [1.29, 1.82) is 0 Å². The largest absolute Gasteiger partial charge is 0.476 e. The van der Waals surface area contributed by atoms with Gasteiger partial charge in [0.05, 0.1) is 5.69 Å². The second kappa shape index (κ2) is 5.41. The first-order chi connectivity index (χ1) is 8.95. The molecule has 0 radical (unpaired) electrons. The Morgan fingerprint density at radius 1 is 1.32 bits per heavy atom. The summed E-state index contributed by atoms with van der Waals surface area (Å²) in [7, 11) is 0. The highest BCUT2D eigenvalue weighted by Gasteiger charge is 2.40. The summed E-state index contributed by atoms with van der Waals surface area (Å²) in [6.45, 7) is 6.47. The molecule has 0 aromatic heterocycles. The summed E-state index contributed by atoms with van der Waals surface area (Å²) in [4.78, 5) is 14.3. The van der Waals surface area contributed by atoms with Gasteiger partial charge in [-0.25, -0.2) is 0 Å². The number of anilines is 1. The van der Waals surface area contributed by atoms with Gasteiger partial charge in [0.15, 0.2) is 5.60 Å². The molecule has 0 spiro atoms. The van der Waals surface area contributed by atoms with Crippen LogP contribution in [0.1, 0.15) is 40.0 Å². The predicted octanol–water partition coefficient (Wildman–Crippen LogP) is 4.03. The molecule has 1 amide bonds. The van der Waals surface area contributed by atoms with Gasteiger partial charge in [0.1, 0.15) is 5.75 Å². The molecule has 0 N–H and O–H groups in total. The van der Waals surface area contributed by atoms with Crippen molar-refractivity contribution in [2.75, 3.05) is 11.4 Å². The number of rotatable bonds is 4. The highest BCUT2D eigenvalue weighted by molar-refractivity contribution is 6.31. The van der Waals surface area contributed by atoms with Crippen molar-refractivity contribution < 1.29 is 9.53 Å². The molecule has 0 aliphatic carbocycles. The average molecular weight is 282 g/mol. The third-order valence-corrected chi connectivity index (χ3v) is 3.56. The fourth-order valence-electron chi connectivity index (χ4n) is 2.28. The van der Waals surface area contributed by atoms with Crippen molar-refractivity contribution >= 4 is 23.2 Å². The molecule has 1 heterocycles. The van der Waals surface area contributed by atoms with Crippen LogP contribution in [-0.4, -0.2) is 18.1 Å². The monoisotopic (exact) mass is 281 g/mol. The lowest BCUT2D eigenvalue weighted by Crippen LogP contribution is -2.52. The predicted molar refractivity (Wildman–Crippen MR) is 78.0 cm³/mol. The summed E-state index contributed by atoms with van der Waals surface area (Å²) in [5.74, 6) is 0.726. The van der Waals surface area contributed by atoms with E-state index in [0.717, 1.165) is 30.7 Å². The van der Waals surface area contributed by atoms with Gasteiger partial charge in [-0.3, -0.25) is 4.79 Å². The summed E-state index contributed by atoms with van der Waals surface area (Å²) in [6, 6.07) is 5.42. The van der Waals surface area contributed by atoms with Crippen molar-refractivity contribution in [3.63, 3.8) is 0 Å². The number of carbonyl (C=O) groups excluding carboxylic acids is 1. The maximum atomic E-state index is 12.5. The minimum absolute atomic E-state index is 0.00151. The van der Waals surface area contributed by atoms with Crippen molar-refractivity contribution in [3.8, 4) is 5.75 Å². The smallest absolute Gasteiger partial charge is 0.270 e. The zero-order chi connectivity index (χ0) is 14.0. The fraction of sp³-hybridized carbons (Fsp3) is 0.533. The topological polar surface area (TPSA) is 29.5 Å². The number of fused-ring (bicyclic) bond motifs is 1. The van der Waals surface area contributed by atoms with E-state index >= 15 is 0 Å². The number of amides is 1. The van der Waals surface area contributed by atoms with E-state index in [9.17, 15) is 4.79 Å². The second-order valence-corrected chi connectivity index (χ2v) is 5.82. The zero-order valence-corrected chi connectivity index (χ0v) is 12.5. The lowest BCUT2D eigenvalue weighted by atomic mass is 10.0. The van der Waals surface area contributed by atoms with Crippen LogP contribution in [0.2, 0.25) is 5.02 Å². The van der Waals surface area contributed by atoms with Crippen molar-refractivity contribution in [2.45, 2.75) is 45.6 Å². The van der Waals surface area contributed by atoms with E-state index in [4.69, 9.17) is 16.3 Å². The summed E-state index contributed by atoms with van der Waals surface area (Å²) in [6.07, 6.45) is 3.23. The van der Waals surface area contributed by atoms with Crippen LogP contribution < -0.4 is 9.64 Å². The zero-order valence-electron chi connectivity index (χ0n) is 11.7. The maximum absolute atomic E-state index is 12.5. The van der Waals surface area contributed by atoms with E-state index < -0.39 is 5.60 Å². The van der Waals surface area contributed by atoms with Gasteiger partial charge in [-0.1, -0.05) is 31.4 Å². The minimum atomic E-state index is -0.812. The number of benzene rings is 1. The Labute approximate surface area is 119 Å². The number of ether oxygens (including phenoxy) is 1. The molecule has 1 aliphatic heterocycles. The molecule has 1 aliphatic rings. The van der Waals surface area contributed by atoms with Crippen molar-refractivity contribution in [2.24, 2.45) is 0 Å². The standard InChI is InChI=1S/C15H20ClNO2/c1-4-5-6-9-17-12-10-11(16)7-8-13(12)19-15(2,3)14(17)18/h7-8,10H,4-6,9H2,1-3H3. The van der Waals surface area contributed by atoms with Crippen LogP contribution in [-0.2, 0) is 4.79 Å². The van der Waals surface area contributed by atoms with Gasteiger partial charge in [-0.2, -0.15) is 0 Å². The SMILES string of the molecule is CCCCCN1C(=O)C(C)(C)Oc2ccc(Cl)cc21. The first-order valence-electron chi connectivity index (χ1n) is 6.76. The molecule has 3 nitrogen and oxygen atoms in total. The van der Waals surface area contributed by atoms with Crippen LogP contribution in [0.25, 0.3) is 0 Å². The summed E-state index contributed by atoms with van der Waals surface area (Å²) >= 11 is 6.03. The molecule has 2 rings (SSSR count). The first kappa shape index (κ1) is 14.2. The Hall–Kier alpha value is -1.22. The van der Waals surface area contributed by atoms with Crippen LogP contribution in [0, 0.1) is 0 Å². The van der Waals surface area contributed by atoms with E-state index in [1.165, 1.54) is 0 Å². The summed E-state index contributed by atoms with van der Waals surface area (Å²) in [5, 5.41) is 0.621. The third kappa shape index (κ3) is 2.86. The van der Waals surface area contributed by atoms with Crippen LogP contribution in [0.4, 0.5) is 5.69 Å². The highest BCUT2D eigenvalue weighted by atomic mass is 35.5. The molecule has 4 heteroatoms. The number of nitrogens with zero attached hydrogens (tertiary/aromatic N) is 1. The van der Waals surface area contributed by atoms with E-state index in [0.29, 0.717) is 11.6 Å². The fourth-order valence-corrected chi connectivity index (χ4v) is 2.45. The molecule has 0 atom stereocenters. The third-order valence-electron chi connectivity index (χ3n) is 3.32. The van der Waals surface area contributed by atoms with E-state index in [-0.39, 0.29) is 5.91 Å². The van der Waals surface area contributed by atoms with Crippen LogP contribution in [0.15, 0.2) is 18.2 Å². The molecule has 1 aromatic rings. The van der Waals surface area contributed by atoms with Gasteiger partial charge in [0.25, 0.3) is 5.91 Å². The van der Waals surface area contributed by atoms with Gasteiger partial charge in [-0.05, 0) is 38.5 Å². The summed E-state index contributed by atoms with van der Waals surface area (Å²) < 4.78 is 5.77. The second-order valence-electron chi connectivity index (χ2n) is 5.39. The van der Waals surface area contributed by atoms with Gasteiger partial charge in [-0.15, -0.1) is 0 Å². The van der Waals surface area contributed by atoms with Crippen LogP contribution >= 0.6 is 11.6 Å². The Morgan fingerprint density at radius 2 is 2.05 bits per heavy atom. The molecule has 0 saturated heterocycles. The Kier molecular flexibility index (Phi) is 4.04. The molecule has 104 valence electrons. The van der Waals surface area contributed by atoms with Crippen molar-refractivity contribution in [3.05, 3.63) is 23.2 Å². The highest BCUT2D eigenvalue weighted by Crippen LogP contribution is 2.39. The number of halogens is 1. The number of hydrogen-bond acceptors (Lipinski definition) is 2. The average Bonchev–Trinajstić information content (AvgIpc) is 2.35. The molecular formula is C15H20ClNO2. The molecule has 0 fully saturated rings. The number of carbonyl (C=O) groups is 1. The Bertz CT molecular complexity index is 485. The van der Waals surface area contributed by atoms with Crippen molar-refractivity contribution in [1.82, 2.24) is 0 Å². The quantitative estimate of drug-likeness (QED) is 0.780. The lowest BCUT2D eigenvalue weighted by Gasteiger charge is -2.38. The van der Waals surface area contributed by atoms with Crippen LogP contribution in [0.5, 0.6) is 5.75 Å². The molecule has 0 saturated carbocycles. The van der Waals surface area contributed by atoms with E-state index in [1.54, 1.807) is 30.9 Å². The van der Waals surface area contributed by atoms with Gasteiger partial charge in [0, 0.05) is 11.6 Å². The molecule has 0 bridgehead atoms. The molecule has 1 aromatic carbocycles. The molecule has 0 unspecified atom stereocenters. The summed E-state index contributed by atoms with van der Waals surface area (Å²) in [5.41, 5.74) is -0.0273. The van der Waals surface area contributed by atoms with E-state index in [1.807, 2.05) is 6.07 Å². The molecule has 19 heavy (non-hydrogen) atoms. The Balaban J connectivity index is 2.33. The van der Waals surface area contributed by atoms with E-state index in [2.05, 4.69) is 6.92 Å². The minimum Gasteiger partial charge on any atom is -0.476 e. The normalized spacial score (nSPS) is 17.1. The van der Waals surface area contributed by atoms with Gasteiger partial charge in [0.2, 0.25) is 0 Å². The van der Waals surface area contributed by atoms with Gasteiger partial charge >= 0.3 is 0 Å². The lowest BCUT2D eigenvalue weighted by molar-refractivity contribution is -0.132. The maximum Gasteiger partial charge on any atom is 0.270 e. The Morgan fingerprint density at radius 3 is 2.74 bits per heavy atom. The first-order valence-corrected chi connectivity index (χ1v) is 7.14. The molecular weight excluding hydrogens is 262 g/mol. The van der Waals surface area contributed by atoms with Crippen LogP contribution in [0.3, 0.4) is 0 Å². The number of unbranched alkanes of at least 4 members (excludes halogenated alkanes) is 2. The van der Waals surface area contributed by atoms with Gasteiger partial charge < -0.3 is 9.64 Å². The number of hydrogen-bond donors (Lipinski definition) is 0.